The molecule has 68 valence electrons. The molecule has 0 saturated heterocycles. The first-order chi connectivity index (χ1) is 5.81. The van der Waals surface area contributed by atoms with Crippen LogP contribution in [-0.2, 0) is 9.53 Å². The topological polar surface area (TPSA) is 46.5 Å². The monoisotopic (exact) mass is 170 g/mol. The average molecular weight is 170 g/mol. The van der Waals surface area contributed by atoms with Crippen molar-refractivity contribution in [2.45, 2.75) is 19.8 Å². The Morgan fingerprint density at radius 1 is 1.58 bits per heavy atom. The standard InChI is InChI=1S/C9H14O3/c1-2-3-4-5-9(11)6-7-12-8-10/h2-3,5,8,11H,4,6-7H2,1H3/b3-2+,9-5+. The van der Waals surface area contributed by atoms with Gasteiger partial charge in [-0.25, -0.2) is 0 Å². The van der Waals surface area contributed by atoms with Crippen molar-refractivity contribution in [1.29, 1.82) is 0 Å². The number of carbonyl (C=O) groups excluding carboxylic acids is 1. The van der Waals surface area contributed by atoms with Crippen molar-refractivity contribution < 1.29 is 14.6 Å². The molecule has 0 amide bonds. The fourth-order valence-electron chi connectivity index (χ4n) is 0.654. The third kappa shape index (κ3) is 6.86. The smallest absolute Gasteiger partial charge is 0.293 e. The van der Waals surface area contributed by atoms with E-state index in [1.54, 1.807) is 6.08 Å². The first-order valence-electron chi connectivity index (χ1n) is 3.85. The van der Waals surface area contributed by atoms with Crippen molar-refractivity contribution in [2.75, 3.05) is 6.61 Å². The largest absolute Gasteiger partial charge is 0.513 e. The minimum atomic E-state index is 0.238. The van der Waals surface area contributed by atoms with Gasteiger partial charge in [0, 0.05) is 6.42 Å². The zero-order valence-electron chi connectivity index (χ0n) is 7.19. The molecule has 0 aromatic heterocycles. The number of hydrogen-bond donors (Lipinski definition) is 1. The predicted octanol–water partition coefficient (Wildman–Crippen LogP) is 1.96. The molecule has 0 aliphatic carbocycles. The molecular weight excluding hydrogens is 156 g/mol. The van der Waals surface area contributed by atoms with E-state index < -0.39 is 0 Å². The van der Waals surface area contributed by atoms with Crippen LogP contribution in [0, 0.1) is 0 Å². The molecule has 0 aromatic carbocycles. The highest BCUT2D eigenvalue weighted by Crippen LogP contribution is 1.98. The third-order valence-electron chi connectivity index (χ3n) is 1.27. The van der Waals surface area contributed by atoms with E-state index in [0.29, 0.717) is 19.3 Å². The molecule has 0 spiro atoms. The van der Waals surface area contributed by atoms with Crippen LogP contribution >= 0.6 is 0 Å². The summed E-state index contributed by atoms with van der Waals surface area (Å²) in [6.45, 7) is 2.53. The molecule has 0 heterocycles. The maximum Gasteiger partial charge on any atom is 0.293 e. The van der Waals surface area contributed by atoms with Crippen LogP contribution in [0.1, 0.15) is 19.8 Å². The minimum Gasteiger partial charge on any atom is -0.513 e. The number of aliphatic hydroxyl groups is 1. The van der Waals surface area contributed by atoms with Crippen LogP contribution in [0.15, 0.2) is 24.0 Å². The third-order valence-corrected chi connectivity index (χ3v) is 1.27. The Balaban J connectivity index is 3.48. The highest BCUT2D eigenvalue weighted by Gasteiger charge is 1.91. The summed E-state index contributed by atoms with van der Waals surface area (Å²) in [5.41, 5.74) is 0. The van der Waals surface area contributed by atoms with Gasteiger partial charge in [-0.1, -0.05) is 12.2 Å². The lowest BCUT2D eigenvalue weighted by Gasteiger charge is -1.97. The lowest BCUT2D eigenvalue weighted by Crippen LogP contribution is -1.93. The molecule has 0 radical (unpaired) electrons. The van der Waals surface area contributed by atoms with Gasteiger partial charge < -0.3 is 9.84 Å². The Morgan fingerprint density at radius 2 is 2.33 bits per heavy atom. The summed E-state index contributed by atoms with van der Waals surface area (Å²) in [4.78, 5) is 9.71. The maximum atomic E-state index is 9.71. The van der Waals surface area contributed by atoms with Gasteiger partial charge in [0.05, 0.1) is 12.4 Å². The summed E-state index contributed by atoms with van der Waals surface area (Å²) in [6.07, 6.45) is 6.62. The summed E-state index contributed by atoms with van der Waals surface area (Å²) in [6, 6.07) is 0. The van der Waals surface area contributed by atoms with Crippen molar-refractivity contribution in [1.82, 2.24) is 0 Å². The predicted molar refractivity (Wildman–Crippen MR) is 46.8 cm³/mol. The summed E-state index contributed by atoms with van der Waals surface area (Å²) >= 11 is 0. The second kappa shape index (κ2) is 7.85. The molecule has 0 aromatic rings. The van der Waals surface area contributed by atoms with Crippen LogP contribution in [0.2, 0.25) is 0 Å². The van der Waals surface area contributed by atoms with E-state index in [-0.39, 0.29) is 12.4 Å². The SMILES string of the molecule is C/C=C/C/C=C(/O)CCOC=O. The first kappa shape index (κ1) is 10.8. The number of rotatable bonds is 6. The molecular formula is C9H14O3. The maximum absolute atomic E-state index is 9.71. The molecule has 0 rings (SSSR count). The Kier molecular flexibility index (Phi) is 7.03. The molecule has 0 aliphatic rings. The highest BCUT2D eigenvalue weighted by atomic mass is 16.5. The van der Waals surface area contributed by atoms with Gasteiger partial charge in [-0.15, -0.1) is 0 Å². The molecule has 0 unspecified atom stereocenters. The molecule has 0 aliphatic heterocycles. The average Bonchev–Trinajstić information content (AvgIpc) is 2.06. The second-order valence-electron chi connectivity index (χ2n) is 2.22. The van der Waals surface area contributed by atoms with Gasteiger partial charge in [-0.3, -0.25) is 4.79 Å². The van der Waals surface area contributed by atoms with E-state index in [1.807, 2.05) is 19.1 Å². The van der Waals surface area contributed by atoms with Crippen LogP contribution in [0.4, 0.5) is 0 Å². The van der Waals surface area contributed by atoms with E-state index in [2.05, 4.69) is 4.74 Å². The van der Waals surface area contributed by atoms with Crippen molar-refractivity contribution in [3.8, 4) is 0 Å². The molecule has 3 heteroatoms. The van der Waals surface area contributed by atoms with Crippen molar-refractivity contribution in [3.63, 3.8) is 0 Å². The van der Waals surface area contributed by atoms with Gasteiger partial charge in [0.25, 0.3) is 6.47 Å². The van der Waals surface area contributed by atoms with Crippen LogP contribution < -0.4 is 0 Å². The second-order valence-corrected chi connectivity index (χ2v) is 2.22. The highest BCUT2D eigenvalue weighted by molar-refractivity contribution is 5.36. The van der Waals surface area contributed by atoms with E-state index in [9.17, 15) is 4.79 Å². The molecule has 0 atom stereocenters. The fraction of sp³-hybridized carbons (Fsp3) is 0.444. The molecule has 0 fully saturated rings. The lowest BCUT2D eigenvalue weighted by molar-refractivity contribution is -0.128. The van der Waals surface area contributed by atoms with E-state index in [0.717, 1.165) is 0 Å². The van der Waals surface area contributed by atoms with Gasteiger partial charge in [0.2, 0.25) is 0 Å². The van der Waals surface area contributed by atoms with Gasteiger partial charge in [0.15, 0.2) is 0 Å². The lowest BCUT2D eigenvalue weighted by atomic mass is 10.3. The Morgan fingerprint density at radius 3 is 2.92 bits per heavy atom. The fourth-order valence-corrected chi connectivity index (χ4v) is 0.654. The zero-order chi connectivity index (χ0) is 9.23. The molecule has 12 heavy (non-hydrogen) atoms. The summed E-state index contributed by atoms with van der Waals surface area (Å²) in [5, 5.41) is 9.13. The summed E-state index contributed by atoms with van der Waals surface area (Å²) < 4.78 is 4.41. The van der Waals surface area contributed by atoms with Crippen molar-refractivity contribution in [3.05, 3.63) is 24.0 Å². The van der Waals surface area contributed by atoms with Gasteiger partial charge in [0.1, 0.15) is 0 Å². The minimum absolute atomic E-state index is 0.238. The Hall–Kier alpha value is -1.25. The zero-order valence-corrected chi connectivity index (χ0v) is 7.19. The summed E-state index contributed by atoms with van der Waals surface area (Å²) in [5.74, 6) is 0.259. The van der Waals surface area contributed by atoms with Crippen molar-refractivity contribution >= 4 is 6.47 Å². The molecule has 1 N–H and O–H groups in total. The van der Waals surface area contributed by atoms with Crippen LogP contribution in [0.25, 0.3) is 0 Å². The summed E-state index contributed by atoms with van der Waals surface area (Å²) in [7, 11) is 0. The van der Waals surface area contributed by atoms with Crippen LogP contribution in [0.5, 0.6) is 0 Å². The number of hydrogen-bond acceptors (Lipinski definition) is 3. The number of aliphatic hydroxyl groups excluding tert-OH is 1. The van der Waals surface area contributed by atoms with Crippen molar-refractivity contribution in [2.24, 2.45) is 0 Å². The van der Waals surface area contributed by atoms with Gasteiger partial charge in [-0.05, 0) is 19.4 Å². The number of carbonyl (C=O) groups is 1. The van der Waals surface area contributed by atoms with Crippen LogP contribution in [-0.4, -0.2) is 18.2 Å². The van der Waals surface area contributed by atoms with Gasteiger partial charge in [-0.2, -0.15) is 0 Å². The molecule has 0 saturated carbocycles. The Bertz CT molecular complexity index is 171. The van der Waals surface area contributed by atoms with E-state index in [1.165, 1.54) is 0 Å². The normalized spacial score (nSPS) is 11.9. The molecule has 3 nitrogen and oxygen atoms in total. The van der Waals surface area contributed by atoms with E-state index in [4.69, 9.17) is 5.11 Å². The number of allylic oxidation sites excluding steroid dienone is 3. The quantitative estimate of drug-likeness (QED) is 0.287. The number of ether oxygens (including phenoxy) is 1. The first-order valence-corrected chi connectivity index (χ1v) is 3.85. The Labute approximate surface area is 72.3 Å². The van der Waals surface area contributed by atoms with E-state index >= 15 is 0 Å². The van der Waals surface area contributed by atoms with Crippen LogP contribution in [0.3, 0.4) is 0 Å². The van der Waals surface area contributed by atoms with Gasteiger partial charge >= 0.3 is 0 Å². The molecule has 0 bridgehead atoms.